The van der Waals surface area contributed by atoms with E-state index in [2.05, 4.69) is 24.5 Å². The fourth-order valence-corrected chi connectivity index (χ4v) is 3.87. The van der Waals surface area contributed by atoms with E-state index in [4.69, 9.17) is 10.1 Å². The lowest BCUT2D eigenvalue weighted by molar-refractivity contribution is -0.137. The molecule has 1 aromatic carbocycles. The van der Waals surface area contributed by atoms with Gasteiger partial charge in [-0.15, -0.1) is 0 Å². The van der Waals surface area contributed by atoms with Gasteiger partial charge in [0.15, 0.2) is 0 Å². The number of hydrogen-bond acceptors (Lipinski definition) is 3. The highest BCUT2D eigenvalue weighted by Crippen LogP contribution is 2.35. The number of imidazole rings is 1. The molecule has 0 radical (unpaired) electrons. The minimum atomic E-state index is -0.804. The summed E-state index contributed by atoms with van der Waals surface area (Å²) in [6.45, 7) is 5.04. The zero-order valence-corrected chi connectivity index (χ0v) is 15.5. The van der Waals surface area contributed by atoms with Gasteiger partial charge in [-0.2, -0.15) is 0 Å². The van der Waals surface area contributed by atoms with Gasteiger partial charge < -0.3 is 14.6 Å². The number of benzene rings is 1. The molecule has 0 aliphatic carbocycles. The lowest BCUT2D eigenvalue weighted by Crippen LogP contribution is -2.32. The van der Waals surface area contributed by atoms with Crippen molar-refractivity contribution in [3.63, 3.8) is 0 Å². The number of carboxylic acid groups (broad SMARTS) is 1. The molecule has 1 aromatic heterocycles. The predicted octanol–water partition coefficient (Wildman–Crippen LogP) is 3.93. The van der Waals surface area contributed by atoms with Gasteiger partial charge >= 0.3 is 5.97 Å². The number of aromatic nitrogens is 2. The SMILES string of the molecule is CC(C)n1c(C2CCCN2C(=O)CCCCC(=O)O)nc2ccccc21. The molecule has 0 saturated carbocycles. The molecule has 2 aromatic rings. The van der Waals surface area contributed by atoms with Crippen molar-refractivity contribution in [2.45, 2.75) is 64.5 Å². The van der Waals surface area contributed by atoms with Crippen molar-refractivity contribution < 1.29 is 14.7 Å². The summed E-state index contributed by atoms with van der Waals surface area (Å²) in [6.07, 6.45) is 3.61. The van der Waals surface area contributed by atoms with Crippen molar-refractivity contribution in [1.29, 1.82) is 0 Å². The van der Waals surface area contributed by atoms with Crippen LogP contribution in [-0.4, -0.2) is 38.0 Å². The van der Waals surface area contributed by atoms with Crippen LogP contribution in [0.3, 0.4) is 0 Å². The average Bonchev–Trinajstić information content (AvgIpc) is 3.22. The van der Waals surface area contributed by atoms with Crippen molar-refractivity contribution in [2.24, 2.45) is 0 Å². The summed E-state index contributed by atoms with van der Waals surface area (Å²) in [5.74, 6) is 0.278. The molecule has 6 nitrogen and oxygen atoms in total. The molecule has 6 heteroatoms. The molecule has 1 saturated heterocycles. The number of para-hydroxylation sites is 2. The molecule has 1 fully saturated rings. The molecule has 1 N–H and O–H groups in total. The molecule has 2 heterocycles. The van der Waals surface area contributed by atoms with Gasteiger partial charge in [0.05, 0.1) is 17.1 Å². The number of hydrogen-bond donors (Lipinski definition) is 1. The highest BCUT2D eigenvalue weighted by atomic mass is 16.4. The van der Waals surface area contributed by atoms with Gasteiger partial charge in [0.1, 0.15) is 5.82 Å². The Morgan fingerprint density at radius 3 is 2.69 bits per heavy atom. The van der Waals surface area contributed by atoms with E-state index in [0.29, 0.717) is 19.3 Å². The molecule has 0 bridgehead atoms. The predicted molar refractivity (Wildman–Crippen MR) is 99.9 cm³/mol. The first-order valence-corrected chi connectivity index (χ1v) is 9.47. The fourth-order valence-electron chi connectivity index (χ4n) is 3.87. The Morgan fingerprint density at radius 1 is 1.23 bits per heavy atom. The molecule has 3 rings (SSSR count). The number of carbonyl (C=O) groups excluding carboxylic acids is 1. The van der Waals surface area contributed by atoms with Crippen LogP contribution >= 0.6 is 0 Å². The highest BCUT2D eigenvalue weighted by Gasteiger charge is 2.33. The van der Waals surface area contributed by atoms with Gasteiger partial charge in [-0.05, 0) is 51.7 Å². The zero-order valence-electron chi connectivity index (χ0n) is 15.5. The number of carboxylic acids is 1. The van der Waals surface area contributed by atoms with E-state index in [9.17, 15) is 9.59 Å². The second-order valence-electron chi connectivity index (χ2n) is 7.27. The van der Waals surface area contributed by atoms with Crippen LogP contribution in [0.2, 0.25) is 0 Å². The smallest absolute Gasteiger partial charge is 0.303 e. The Balaban J connectivity index is 1.80. The van der Waals surface area contributed by atoms with Crippen LogP contribution in [0.15, 0.2) is 24.3 Å². The van der Waals surface area contributed by atoms with E-state index >= 15 is 0 Å². The summed E-state index contributed by atoms with van der Waals surface area (Å²) in [4.78, 5) is 30.1. The van der Waals surface area contributed by atoms with Gasteiger partial charge in [0.25, 0.3) is 0 Å². The summed E-state index contributed by atoms with van der Waals surface area (Å²) in [5.41, 5.74) is 2.08. The van der Waals surface area contributed by atoms with E-state index in [0.717, 1.165) is 36.2 Å². The van der Waals surface area contributed by atoms with Crippen LogP contribution in [0.25, 0.3) is 11.0 Å². The summed E-state index contributed by atoms with van der Waals surface area (Å²) in [7, 11) is 0. The molecule has 1 atom stereocenters. The van der Waals surface area contributed by atoms with Crippen molar-refractivity contribution in [3.8, 4) is 0 Å². The fraction of sp³-hybridized carbons (Fsp3) is 0.550. The van der Waals surface area contributed by atoms with Gasteiger partial charge in [0, 0.05) is 25.4 Å². The van der Waals surface area contributed by atoms with Crippen molar-refractivity contribution >= 4 is 22.9 Å². The van der Waals surface area contributed by atoms with Crippen LogP contribution in [0, 0.1) is 0 Å². The standard InChI is InChI=1S/C20H27N3O3/c1-14(2)23-16-9-4-3-8-15(16)21-20(23)17-10-7-13-22(17)18(24)11-5-6-12-19(25)26/h3-4,8-9,14,17H,5-7,10-13H2,1-2H3,(H,25,26). The van der Waals surface area contributed by atoms with Gasteiger partial charge in [-0.1, -0.05) is 12.1 Å². The summed E-state index contributed by atoms with van der Waals surface area (Å²) >= 11 is 0. The van der Waals surface area contributed by atoms with E-state index in [-0.39, 0.29) is 24.4 Å². The second kappa shape index (κ2) is 7.89. The summed E-state index contributed by atoms with van der Waals surface area (Å²) in [5, 5.41) is 8.73. The maximum atomic E-state index is 12.7. The number of aliphatic carboxylic acids is 1. The van der Waals surface area contributed by atoms with E-state index in [1.807, 2.05) is 23.1 Å². The molecule has 1 aliphatic heterocycles. The lowest BCUT2D eigenvalue weighted by Gasteiger charge is -2.26. The van der Waals surface area contributed by atoms with Gasteiger partial charge in [-0.3, -0.25) is 9.59 Å². The third-order valence-corrected chi connectivity index (χ3v) is 5.04. The second-order valence-corrected chi connectivity index (χ2v) is 7.27. The zero-order chi connectivity index (χ0) is 18.7. The maximum Gasteiger partial charge on any atom is 0.303 e. The average molecular weight is 357 g/mol. The minimum Gasteiger partial charge on any atom is -0.481 e. The Kier molecular flexibility index (Phi) is 5.59. The first kappa shape index (κ1) is 18.4. The first-order valence-electron chi connectivity index (χ1n) is 9.47. The third-order valence-electron chi connectivity index (χ3n) is 5.04. The van der Waals surface area contributed by atoms with Crippen molar-refractivity contribution in [2.75, 3.05) is 6.54 Å². The summed E-state index contributed by atoms with van der Waals surface area (Å²) in [6, 6.07) is 8.39. The lowest BCUT2D eigenvalue weighted by atomic mass is 10.1. The Bertz CT molecular complexity index is 797. The molecule has 1 amide bonds. The number of likely N-dealkylation sites (tertiary alicyclic amines) is 1. The number of carbonyl (C=O) groups is 2. The highest BCUT2D eigenvalue weighted by molar-refractivity contribution is 5.78. The van der Waals surface area contributed by atoms with Crippen LogP contribution in [0.5, 0.6) is 0 Å². The molecule has 26 heavy (non-hydrogen) atoms. The monoisotopic (exact) mass is 357 g/mol. The largest absolute Gasteiger partial charge is 0.481 e. The summed E-state index contributed by atoms with van der Waals surface area (Å²) < 4.78 is 2.25. The van der Waals surface area contributed by atoms with Crippen LogP contribution in [0.4, 0.5) is 0 Å². The van der Waals surface area contributed by atoms with E-state index in [1.54, 1.807) is 0 Å². The molecule has 140 valence electrons. The Hall–Kier alpha value is -2.37. The number of amides is 1. The number of nitrogens with zero attached hydrogens (tertiary/aromatic N) is 3. The minimum absolute atomic E-state index is 0.0109. The number of fused-ring (bicyclic) bond motifs is 1. The third kappa shape index (κ3) is 3.74. The van der Waals surface area contributed by atoms with E-state index < -0.39 is 5.97 Å². The van der Waals surface area contributed by atoms with Crippen LogP contribution in [-0.2, 0) is 9.59 Å². The molecule has 1 aliphatic rings. The molecule has 1 unspecified atom stereocenters. The molecular weight excluding hydrogens is 330 g/mol. The topological polar surface area (TPSA) is 75.4 Å². The van der Waals surface area contributed by atoms with Crippen molar-refractivity contribution in [3.05, 3.63) is 30.1 Å². The number of rotatable bonds is 7. The Morgan fingerprint density at radius 2 is 1.96 bits per heavy atom. The Labute approximate surface area is 153 Å². The maximum absolute atomic E-state index is 12.7. The van der Waals surface area contributed by atoms with Crippen LogP contribution < -0.4 is 0 Å². The van der Waals surface area contributed by atoms with Crippen molar-refractivity contribution in [1.82, 2.24) is 14.5 Å². The van der Waals surface area contributed by atoms with E-state index in [1.165, 1.54) is 0 Å². The first-order chi connectivity index (χ1) is 12.5. The quantitative estimate of drug-likeness (QED) is 0.762. The number of unbranched alkanes of at least 4 members (excludes halogenated alkanes) is 1. The van der Waals surface area contributed by atoms with Gasteiger partial charge in [0.2, 0.25) is 5.91 Å². The molecule has 0 spiro atoms. The van der Waals surface area contributed by atoms with Gasteiger partial charge in [-0.25, -0.2) is 4.98 Å². The normalized spacial score (nSPS) is 17.3. The van der Waals surface area contributed by atoms with Crippen LogP contribution in [0.1, 0.15) is 70.3 Å². The molecular formula is C20H27N3O3.